The highest BCUT2D eigenvalue weighted by molar-refractivity contribution is 14.0. The van der Waals surface area contributed by atoms with Gasteiger partial charge in [0.2, 0.25) is 0 Å². The lowest BCUT2D eigenvalue weighted by atomic mass is 10.1. The predicted octanol–water partition coefficient (Wildman–Crippen LogP) is 3.17. The first kappa shape index (κ1) is 25.1. The molecule has 0 saturated carbocycles. The van der Waals surface area contributed by atoms with Gasteiger partial charge in [-0.3, -0.25) is 9.89 Å². The molecule has 1 atom stereocenters. The van der Waals surface area contributed by atoms with Crippen molar-refractivity contribution in [2.75, 3.05) is 54.0 Å². The molecule has 30 heavy (non-hydrogen) atoms. The molecule has 1 aliphatic rings. The van der Waals surface area contributed by atoms with E-state index in [2.05, 4.69) is 81.3 Å². The lowest BCUT2D eigenvalue weighted by molar-refractivity contribution is 0.0177. The van der Waals surface area contributed by atoms with Crippen LogP contribution in [0.15, 0.2) is 46.8 Å². The molecule has 0 spiro atoms. The summed E-state index contributed by atoms with van der Waals surface area (Å²) in [6.07, 6.45) is 0. The fourth-order valence-corrected chi connectivity index (χ4v) is 4.46. The summed E-state index contributed by atoms with van der Waals surface area (Å²) in [5.74, 6) is 0.833. The molecule has 1 saturated heterocycles. The number of halogens is 1. The molecule has 1 aromatic heterocycles. The highest BCUT2D eigenvalue weighted by atomic mass is 127. The first-order chi connectivity index (χ1) is 14.2. The Labute approximate surface area is 201 Å². The lowest BCUT2D eigenvalue weighted by Gasteiger charge is -2.34. The number of aliphatic imine (C=N–C) groups is 1. The summed E-state index contributed by atoms with van der Waals surface area (Å²) in [5.41, 5.74) is 2.64. The second-order valence-corrected chi connectivity index (χ2v) is 8.47. The maximum Gasteiger partial charge on any atom is 0.191 e. The third kappa shape index (κ3) is 7.49. The number of hydrogen-bond donors (Lipinski definition) is 2. The van der Waals surface area contributed by atoms with E-state index in [1.54, 1.807) is 0 Å². The van der Waals surface area contributed by atoms with Gasteiger partial charge in [-0.05, 0) is 36.7 Å². The summed E-state index contributed by atoms with van der Waals surface area (Å²) in [6, 6.07) is 13.3. The Bertz CT molecular complexity index is 763. The topological polar surface area (TPSA) is 52.1 Å². The normalized spacial score (nSPS) is 16.2. The van der Waals surface area contributed by atoms with Crippen molar-refractivity contribution in [1.82, 2.24) is 20.4 Å². The van der Waals surface area contributed by atoms with Crippen LogP contribution >= 0.6 is 35.3 Å². The quantitative estimate of drug-likeness (QED) is 0.305. The minimum Gasteiger partial charge on any atom is -0.379 e. The summed E-state index contributed by atoms with van der Waals surface area (Å²) >= 11 is 1.81. The molecule has 0 aliphatic carbocycles. The van der Waals surface area contributed by atoms with Gasteiger partial charge in [-0.2, -0.15) is 0 Å². The number of benzene rings is 1. The third-order valence-corrected chi connectivity index (χ3v) is 6.07. The van der Waals surface area contributed by atoms with Crippen LogP contribution in [0.25, 0.3) is 0 Å². The number of hydrogen-bond acceptors (Lipinski definition) is 5. The summed E-state index contributed by atoms with van der Waals surface area (Å²) in [6.45, 7) is 6.04. The van der Waals surface area contributed by atoms with Gasteiger partial charge in [0.25, 0.3) is 0 Å². The van der Waals surface area contributed by atoms with E-state index in [-0.39, 0.29) is 24.0 Å². The molecule has 2 N–H and O–H groups in total. The van der Waals surface area contributed by atoms with E-state index in [9.17, 15) is 0 Å². The van der Waals surface area contributed by atoms with Gasteiger partial charge in [-0.15, -0.1) is 35.3 Å². The van der Waals surface area contributed by atoms with Crippen LogP contribution in [0.1, 0.15) is 22.0 Å². The molecular formula is C22H34IN5OS. The van der Waals surface area contributed by atoms with Gasteiger partial charge in [0.05, 0.1) is 19.3 Å². The van der Waals surface area contributed by atoms with Crippen LogP contribution in [0, 0.1) is 0 Å². The third-order valence-electron chi connectivity index (χ3n) is 5.10. The SMILES string of the molecule is CN=C(NCc1ccccc1CN(C)C)NCC(c1cccs1)N1CCOCC1.I. The molecule has 6 nitrogen and oxygen atoms in total. The highest BCUT2D eigenvalue weighted by Crippen LogP contribution is 2.25. The van der Waals surface area contributed by atoms with Crippen LogP contribution in [0.4, 0.5) is 0 Å². The molecule has 1 aliphatic heterocycles. The van der Waals surface area contributed by atoms with Crippen molar-refractivity contribution in [3.63, 3.8) is 0 Å². The number of rotatable bonds is 8. The Morgan fingerprint density at radius 2 is 1.87 bits per heavy atom. The van der Waals surface area contributed by atoms with Crippen molar-refractivity contribution in [3.8, 4) is 0 Å². The molecule has 1 fully saturated rings. The predicted molar refractivity (Wildman–Crippen MR) is 137 cm³/mol. The highest BCUT2D eigenvalue weighted by Gasteiger charge is 2.23. The summed E-state index contributed by atoms with van der Waals surface area (Å²) < 4.78 is 5.54. The molecule has 2 heterocycles. The van der Waals surface area contributed by atoms with Crippen LogP contribution in [0.3, 0.4) is 0 Å². The van der Waals surface area contributed by atoms with E-state index in [0.717, 1.165) is 51.9 Å². The van der Waals surface area contributed by atoms with Crippen molar-refractivity contribution in [2.45, 2.75) is 19.1 Å². The van der Waals surface area contributed by atoms with E-state index in [1.807, 2.05) is 18.4 Å². The van der Waals surface area contributed by atoms with Gasteiger partial charge in [-0.1, -0.05) is 30.3 Å². The number of nitrogens with one attached hydrogen (secondary N) is 2. The van der Waals surface area contributed by atoms with Crippen LogP contribution in [0.2, 0.25) is 0 Å². The zero-order valence-electron chi connectivity index (χ0n) is 18.1. The Kier molecular flexibility index (Phi) is 11.1. The maximum absolute atomic E-state index is 5.54. The molecule has 0 amide bonds. The first-order valence-corrected chi connectivity index (χ1v) is 11.1. The molecule has 3 rings (SSSR count). The number of thiophene rings is 1. The molecule has 0 bridgehead atoms. The minimum absolute atomic E-state index is 0. The molecule has 2 aromatic rings. The summed E-state index contributed by atoms with van der Waals surface area (Å²) in [4.78, 5) is 10.5. The Morgan fingerprint density at radius 3 is 2.50 bits per heavy atom. The van der Waals surface area contributed by atoms with Crippen molar-refractivity contribution in [1.29, 1.82) is 0 Å². The average molecular weight is 544 g/mol. The Balaban J connectivity index is 0.00000320. The van der Waals surface area contributed by atoms with E-state index < -0.39 is 0 Å². The number of nitrogens with zero attached hydrogens (tertiary/aromatic N) is 3. The van der Waals surface area contributed by atoms with Crippen molar-refractivity contribution >= 4 is 41.3 Å². The van der Waals surface area contributed by atoms with E-state index in [0.29, 0.717) is 6.04 Å². The largest absolute Gasteiger partial charge is 0.379 e. The standard InChI is InChI=1S/C22H33N5OS.HI/c1-23-22(24-15-18-7-4-5-8-19(18)17-26(2)3)25-16-20(21-9-6-14-29-21)27-10-12-28-13-11-27;/h4-9,14,20H,10-13,15-17H2,1-3H3,(H2,23,24,25);1H. The van der Waals surface area contributed by atoms with Crippen LogP contribution in [-0.2, 0) is 17.8 Å². The molecule has 166 valence electrons. The lowest BCUT2D eigenvalue weighted by Crippen LogP contribution is -2.46. The molecule has 0 radical (unpaired) electrons. The van der Waals surface area contributed by atoms with E-state index in [4.69, 9.17) is 4.74 Å². The maximum atomic E-state index is 5.54. The summed E-state index contributed by atoms with van der Waals surface area (Å²) in [5, 5.41) is 9.17. The molecule has 1 unspecified atom stereocenters. The smallest absolute Gasteiger partial charge is 0.191 e. The van der Waals surface area contributed by atoms with Gasteiger partial charge in [-0.25, -0.2) is 0 Å². The molecule has 8 heteroatoms. The van der Waals surface area contributed by atoms with Gasteiger partial charge >= 0.3 is 0 Å². The number of morpholine rings is 1. The van der Waals surface area contributed by atoms with Gasteiger partial charge in [0.15, 0.2) is 5.96 Å². The fourth-order valence-electron chi connectivity index (χ4n) is 3.60. The zero-order chi connectivity index (χ0) is 20.5. The van der Waals surface area contributed by atoms with Crippen molar-refractivity contribution in [2.24, 2.45) is 4.99 Å². The molecular weight excluding hydrogens is 509 g/mol. The van der Waals surface area contributed by atoms with Crippen LogP contribution < -0.4 is 10.6 Å². The van der Waals surface area contributed by atoms with Gasteiger partial charge in [0.1, 0.15) is 0 Å². The zero-order valence-corrected chi connectivity index (χ0v) is 21.3. The monoisotopic (exact) mass is 543 g/mol. The number of guanidine groups is 1. The van der Waals surface area contributed by atoms with Gasteiger partial charge < -0.3 is 20.3 Å². The van der Waals surface area contributed by atoms with Crippen LogP contribution in [0.5, 0.6) is 0 Å². The van der Waals surface area contributed by atoms with Crippen LogP contribution in [-0.4, -0.2) is 69.8 Å². The fraction of sp³-hybridized carbons (Fsp3) is 0.500. The Hall–Kier alpha value is -1.20. The average Bonchev–Trinajstić information content (AvgIpc) is 3.26. The second kappa shape index (κ2) is 13.3. The first-order valence-electron chi connectivity index (χ1n) is 10.2. The number of ether oxygens (including phenoxy) is 1. The Morgan fingerprint density at radius 1 is 1.13 bits per heavy atom. The second-order valence-electron chi connectivity index (χ2n) is 7.49. The van der Waals surface area contributed by atoms with Gasteiger partial charge in [0, 0.05) is 44.6 Å². The summed E-state index contributed by atoms with van der Waals surface area (Å²) in [7, 11) is 6.03. The van der Waals surface area contributed by atoms with Crippen molar-refractivity contribution in [3.05, 3.63) is 57.8 Å². The van der Waals surface area contributed by atoms with E-state index in [1.165, 1.54) is 16.0 Å². The van der Waals surface area contributed by atoms with E-state index >= 15 is 0 Å². The van der Waals surface area contributed by atoms with Crippen molar-refractivity contribution < 1.29 is 4.74 Å². The molecule has 1 aromatic carbocycles. The minimum atomic E-state index is 0.